The summed E-state index contributed by atoms with van der Waals surface area (Å²) in [6.45, 7) is 13.6. The molecule has 2 aromatic carbocycles. The van der Waals surface area contributed by atoms with Crippen molar-refractivity contribution in [3.05, 3.63) is 70.3 Å². The summed E-state index contributed by atoms with van der Waals surface area (Å²) in [5, 5.41) is 14.2. The molecule has 2 aliphatic rings. The number of anilines is 1. The Morgan fingerprint density at radius 1 is 0.886 bits per heavy atom. The number of nitrogens with one attached hydrogen (secondary N) is 1. The summed E-state index contributed by atoms with van der Waals surface area (Å²) >= 11 is 0. The van der Waals surface area contributed by atoms with E-state index in [2.05, 4.69) is 54.4 Å². The van der Waals surface area contributed by atoms with Crippen LogP contribution in [0.5, 0.6) is 0 Å². The molecule has 0 aliphatic carbocycles. The second-order valence-corrected chi connectivity index (χ2v) is 10.8. The predicted molar refractivity (Wildman–Crippen MR) is 142 cm³/mol. The molecule has 1 N–H and O–H groups in total. The van der Waals surface area contributed by atoms with Gasteiger partial charge in [-0.1, -0.05) is 30.3 Å². The Kier molecular flexibility index (Phi) is 8.89. The van der Waals surface area contributed by atoms with Crippen molar-refractivity contribution < 1.29 is 9.72 Å². The summed E-state index contributed by atoms with van der Waals surface area (Å²) < 4.78 is 0. The Bertz CT molecular complexity index is 961. The maximum absolute atomic E-state index is 12.5. The van der Waals surface area contributed by atoms with E-state index in [4.69, 9.17) is 0 Å². The first-order valence-corrected chi connectivity index (χ1v) is 12.7. The number of rotatable bonds is 7. The fourth-order valence-electron chi connectivity index (χ4n) is 4.89. The van der Waals surface area contributed by atoms with Crippen LogP contribution in [0, 0.1) is 10.1 Å². The molecule has 2 heterocycles. The molecule has 1 amide bonds. The van der Waals surface area contributed by atoms with E-state index in [1.807, 2.05) is 18.7 Å². The number of hydrogen-bond acceptors (Lipinski definition) is 5. The molecular formula is C28H40N4O3. The average Bonchev–Trinajstić information content (AvgIpc) is 3.53. The van der Waals surface area contributed by atoms with Crippen molar-refractivity contribution in [3.63, 3.8) is 0 Å². The van der Waals surface area contributed by atoms with Gasteiger partial charge >= 0.3 is 0 Å². The number of nitro groups is 1. The zero-order chi connectivity index (χ0) is 25.5. The molecule has 0 atom stereocenters. The largest absolute Gasteiger partial charge is 0.379 e. The molecule has 0 radical (unpaired) electrons. The molecule has 0 saturated carbocycles. The van der Waals surface area contributed by atoms with E-state index in [-0.39, 0.29) is 17.1 Å². The highest BCUT2D eigenvalue weighted by molar-refractivity contribution is 5.87. The van der Waals surface area contributed by atoms with Gasteiger partial charge in [-0.05, 0) is 84.2 Å². The Balaban J connectivity index is 0.000000198. The van der Waals surface area contributed by atoms with Crippen LogP contribution in [0.25, 0.3) is 0 Å². The standard InChI is InChI=1S/C14H18N2O3.C14H22N2/c1-14(2,13(17)15-9-3-4-10-15)11-5-7-12(8-6-11)16(18)19;1-14(2,12-16-10-6-7-11-16)15-13-8-4-3-5-9-13/h5-8H,3-4,9-10H2,1-2H3;3-5,8-9,15H,6-7,10-12H2,1-2H3. The van der Waals surface area contributed by atoms with Crippen molar-refractivity contribution >= 4 is 17.3 Å². The summed E-state index contributed by atoms with van der Waals surface area (Å²) in [5.74, 6) is 0.0962. The first-order valence-electron chi connectivity index (χ1n) is 12.7. The number of para-hydroxylation sites is 1. The normalized spacial score (nSPS) is 16.5. The number of amides is 1. The minimum atomic E-state index is -0.639. The Labute approximate surface area is 209 Å². The molecule has 2 fully saturated rings. The fourth-order valence-corrected chi connectivity index (χ4v) is 4.89. The molecule has 0 unspecified atom stereocenters. The minimum absolute atomic E-state index is 0.0492. The van der Waals surface area contributed by atoms with Crippen LogP contribution < -0.4 is 5.32 Å². The van der Waals surface area contributed by atoms with Crippen LogP contribution in [0.1, 0.15) is 58.9 Å². The number of non-ortho nitro benzene ring substituents is 1. The van der Waals surface area contributed by atoms with E-state index in [1.54, 1.807) is 12.1 Å². The van der Waals surface area contributed by atoms with E-state index in [9.17, 15) is 14.9 Å². The van der Waals surface area contributed by atoms with Crippen LogP contribution >= 0.6 is 0 Å². The number of hydrogen-bond donors (Lipinski definition) is 1. The van der Waals surface area contributed by atoms with Crippen molar-refractivity contribution in [1.29, 1.82) is 0 Å². The van der Waals surface area contributed by atoms with Crippen molar-refractivity contribution in [2.75, 3.05) is 38.0 Å². The van der Waals surface area contributed by atoms with Gasteiger partial charge < -0.3 is 15.1 Å². The molecule has 7 nitrogen and oxygen atoms in total. The van der Waals surface area contributed by atoms with Crippen LogP contribution in [0.3, 0.4) is 0 Å². The average molecular weight is 481 g/mol. The monoisotopic (exact) mass is 480 g/mol. The summed E-state index contributed by atoms with van der Waals surface area (Å²) in [5.41, 5.74) is 1.58. The summed E-state index contributed by atoms with van der Waals surface area (Å²) in [6, 6.07) is 16.7. The van der Waals surface area contributed by atoms with Crippen molar-refractivity contribution in [2.24, 2.45) is 0 Å². The number of carbonyl (C=O) groups is 1. The SMILES string of the molecule is CC(C)(C(=O)N1CCCC1)c1ccc([N+](=O)[O-])cc1.CC(C)(CN1CCCC1)Nc1ccccc1. The smallest absolute Gasteiger partial charge is 0.269 e. The Hall–Kier alpha value is -2.93. The van der Waals surface area contributed by atoms with Gasteiger partial charge in [0.2, 0.25) is 5.91 Å². The zero-order valence-corrected chi connectivity index (χ0v) is 21.6. The third kappa shape index (κ3) is 7.52. The summed E-state index contributed by atoms with van der Waals surface area (Å²) in [7, 11) is 0. The Morgan fingerprint density at radius 2 is 1.43 bits per heavy atom. The van der Waals surface area contributed by atoms with Crippen molar-refractivity contribution in [2.45, 2.75) is 64.3 Å². The van der Waals surface area contributed by atoms with Crippen LogP contribution in [0.15, 0.2) is 54.6 Å². The van der Waals surface area contributed by atoms with E-state index in [0.29, 0.717) is 0 Å². The maximum Gasteiger partial charge on any atom is 0.269 e. The van der Waals surface area contributed by atoms with Gasteiger partial charge in [0.1, 0.15) is 0 Å². The number of nitro benzene ring substituents is 1. The molecule has 0 bridgehead atoms. The topological polar surface area (TPSA) is 78.7 Å². The molecule has 0 aromatic heterocycles. The van der Waals surface area contributed by atoms with E-state index < -0.39 is 10.3 Å². The quantitative estimate of drug-likeness (QED) is 0.420. The lowest BCUT2D eigenvalue weighted by atomic mass is 9.83. The van der Waals surface area contributed by atoms with Gasteiger partial charge in [0.25, 0.3) is 5.69 Å². The highest BCUT2D eigenvalue weighted by atomic mass is 16.6. The Morgan fingerprint density at radius 3 is 1.97 bits per heavy atom. The first kappa shape index (κ1) is 26.7. The molecule has 0 spiro atoms. The molecule has 35 heavy (non-hydrogen) atoms. The lowest BCUT2D eigenvalue weighted by molar-refractivity contribution is -0.384. The first-order chi connectivity index (χ1) is 16.6. The van der Waals surface area contributed by atoms with Gasteiger partial charge in [0.05, 0.1) is 10.3 Å². The van der Waals surface area contributed by atoms with Crippen LogP contribution in [-0.4, -0.2) is 58.9 Å². The summed E-state index contributed by atoms with van der Waals surface area (Å²) in [4.78, 5) is 27.1. The van der Waals surface area contributed by atoms with Gasteiger partial charge in [-0.15, -0.1) is 0 Å². The maximum atomic E-state index is 12.5. The second kappa shape index (κ2) is 11.7. The van der Waals surface area contributed by atoms with Crippen LogP contribution in [0.2, 0.25) is 0 Å². The molecule has 190 valence electrons. The predicted octanol–water partition coefficient (Wildman–Crippen LogP) is 5.47. The van der Waals surface area contributed by atoms with Gasteiger partial charge in [0.15, 0.2) is 0 Å². The van der Waals surface area contributed by atoms with Gasteiger partial charge in [-0.3, -0.25) is 14.9 Å². The number of nitrogens with zero attached hydrogens (tertiary/aromatic N) is 3. The minimum Gasteiger partial charge on any atom is -0.379 e. The molecule has 2 aliphatic heterocycles. The van der Waals surface area contributed by atoms with Gasteiger partial charge in [0, 0.05) is 43.0 Å². The van der Waals surface area contributed by atoms with Crippen molar-refractivity contribution in [3.8, 4) is 0 Å². The van der Waals surface area contributed by atoms with E-state index >= 15 is 0 Å². The molecule has 7 heteroatoms. The molecule has 2 saturated heterocycles. The number of likely N-dealkylation sites (tertiary alicyclic amines) is 2. The highest BCUT2D eigenvalue weighted by Crippen LogP contribution is 2.29. The zero-order valence-electron chi connectivity index (χ0n) is 21.6. The second-order valence-electron chi connectivity index (χ2n) is 10.8. The summed E-state index contributed by atoms with van der Waals surface area (Å²) in [6.07, 6.45) is 4.84. The number of carbonyl (C=O) groups excluding carboxylic acids is 1. The van der Waals surface area contributed by atoms with Crippen molar-refractivity contribution in [1.82, 2.24) is 9.80 Å². The van der Waals surface area contributed by atoms with Gasteiger partial charge in [-0.2, -0.15) is 0 Å². The molecule has 2 aromatic rings. The van der Waals surface area contributed by atoms with Crippen LogP contribution in [-0.2, 0) is 10.2 Å². The lowest BCUT2D eigenvalue weighted by Crippen LogP contribution is -2.43. The van der Waals surface area contributed by atoms with Gasteiger partial charge in [-0.25, -0.2) is 0 Å². The third-order valence-corrected chi connectivity index (χ3v) is 6.80. The number of benzene rings is 2. The molecular weight excluding hydrogens is 440 g/mol. The highest BCUT2D eigenvalue weighted by Gasteiger charge is 2.35. The third-order valence-electron chi connectivity index (χ3n) is 6.80. The molecule has 4 rings (SSSR count). The van der Waals surface area contributed by atoms with E-state index in [1.165, 1.54) is 43.8 Å². The van der Waals surface area contributed by atoms with Crippen LogP contribution in [0.4, 0.5) is 11.4 Å². The fraction of sp³-hybridized carbons (Fsp3) is 0.536. The lowest BCUT2D eigenvalue weighted by Gasteiger charge is -2.32. The van der Waals surface area contributed by atoms with E-state index in [0.717, 1.165) is 38.0 Å².